The summed E-state index contributed by atoms with van der Waals surface area (Å²) in [5, 5.41) is 0.00351. The lowest BCUT2D eigenvalue weighted by atomic mass is 10.2. The number of aromatic nitrogens is 1. The standard InChI is InChI=1S/C15H21ClFN3O2/c1-10-9-19(14(21)22-15(2,3)4)7-8-20(10)12-6-5-11(16)13(17)18-12/h5-6,10H,7-9H2,1-4H3/t10-/m0/s1. The Kier molecular flexibility index (Phi) is 4.80. The number of rotatable bonds is 1. The van der Waals surface area contributed by atoms with Crippen LogP contribution in [0, 0.1) is 5.95 Å². The van der Waals surface area contributed by atoms with Crippen molar-refractivity contribution in [1.29, 1.82) is 0 Å². The smallest absolute Gasteiger partial charge is 0.410 e. The van der Waals surface area contributed by atoms with Crippen molar-refractivity contribution >= 4 is 23.5 Å². The topological polar surface area (TPSA) is 45.7 Å². The first-order valence-electron chi connectivity index (χ1n) is 7.24. The second-order valence-electron chi connectivity index (χ2n) is 6.41. The third-order valence-corrected chi connectivity index (χ3v) is 3.64. The third-order valence-electron chi connectivity index (χ3n) is 3.36. The van der Waals surface area contributed by atoms with E-state index in [1.807, 2.05) is 32.6 Å². The maximum atomic E-state index is 13.5. The average Bonchev–Trinajstić information content (AvgIpc) is 2.40. The van der Waals surface area contributed by atoms with E-state index in [1.165, 1.54) is 6.07 Å². The molecule has 1 atom stereocenters. The van der Waals surface area contributed by atoms with E-state index in [2.05, 4.69) is 4.98 Å². The number of hydrogen-bond donors (Lipinski definition) is 0. The van der Waals surface area contributed by atoms with Crippen molar-refractivity contribution in [2.24, 2.45) is 0 Å². The molecule has 0 radical (unpaired) electrons. The van der Waals surface area contributed by atoms with E-state index in [1.54, 1.807) is 11.0 Å². The van der Waals surface area contributed by atoms with Gasteiger partial charge in [0.1, 0.15) is 11.4 Å². The van der Waals surface area contributed by atoms with Crippen molar-refractivity contribution in [3.05, 3.63) is 23.1 Å². The zero-order valence-corrected chi connectivity index (χ0v) is 14.0. The molecule has 0 spiro atoms. The molecule has 5 nitrogen and oxygen atoms in total. The lowest BCUT2D eigenvalue weighted by molar-refractivity contribution is 0.0218. The molecule has 122 valence electrons. The van der Waals surface area contributed by atoms with E-state index in [9.17, 15) is 9.18 Å². The normalized spacial score (nSPS) is 19.3. The van der Waals surface area contributed by atoms with E-state index in [4.69, 9.17) is 16.3 Å². The summed E-state index contributed by atoms with van der Waals surface area (Å²) in [5.41, 5.74) is -0.516. The van der Waals surface area contributed by atoms with Crippen LogP contribution in [-0.2, 0) is 4.74 Å². The van der Waals surface area contributed by atoms with E-state index in [0.717, 1.165) is 0 Å². The van der Waals surface area contributed by atoms with Gasteiger partial charge in [0.05, 0.1) is 5.02 Å². The van der Waals surface area contributed by atoms with Gasteiger partial charge in [0.2, 0.25) is 5.95 Å². The Morgan fingerprint density at radius 2 is 2.09 bits per heavy atom. The van der Waals surface area contributed by atoms with Gasteiger partial charge >= 0.3 is 6.09 Å². The molecule has 0 aliphatic carbocycles. The minimum absolute atomic E-state index is 0.00351. The van der Waals surface area contributed by atoms with Gasteiger partial charge in [0, 0.05) is 25.7 Å². The molecule has 22 heavy (non-hydrogen) atoms. The Balaban J connectivity index is 2.03. The van der Waals surface area contributed by atoms with E-state index in [-0.39, 0.29) is 17.2 Å². The van der Waals surface area contributed by atoms with E-state index in [0.29, 0.717) is 25.5 Å². The van der Waals surface area contributed by atoms with Crippen LogP contribution in [-0.4, -0.2) is 47.3 Å². The summed E-state index contributed by atoms with van der Waals surface area (Å²) < 4.78 is 18.9. The van der Waals surface area contributed by atoms with Gasteiger partial charge in [-0.05, 0) is 39.8 Å². The van der Waals surface area contributed by atoms with Crippen LogP contribution in [0.2, 0.25) is 5.02 Å². The molecule has 0 unspecified atom stereocenters. The summed E-state index contributed by atoms with van der Waals surface area (Å²) in [4.78, 5) is 19.6. The van der Waals surface area contributed by atoms with Crippen molar-refractivity contribution in [1.82, 2.24) is 9.88 Å². The van der Waals surface area contributed by atoms with Crippen LogP contribution in [0.25, 0.3) is 0 Å². The molecule has 1 amide bonds. The van der Waals surface area contributed by atoms with Crippen molar-refractivity contribution in [2.75, 3.05) is 24.5 Å². The summed E-state index contributed by atoms with van der Waals surface area (Å²) >= 11 is 5.66. The van der Waals surface area contributed by atoms with Crippen LogP contribution in [0.15, 0.2) is 12.1 Å². The highest BCUT2D eigenvalue weighted by atomic mass is 35.5. The van der Waals surface area contributed by atoms with Crippen LogP contribution in [0.1, 0.15) is 27.7 Å². The molecule has 0 bridgehead atoms. The Bertz CT molecular complexity index is 562. The van der Waals surface area contributed by atoms with Crippen molar-refractivity contribution in [3.63, 3.8) is 0 Å². The van der Waals surface area contributed by atoms with Crippen molar-refractivity contribution in [3.8, 4) is 0 Å². The number of piperazine rings is 1. The minimum Gasteiger partial charge on any atom is -0.444 e. The fraction of sp³-hybridized carbons (Fsp3) is 0.600. The zero-order chi connectivity index (χ0) is 16.5. The molecular formula is C15H21ClFN3O2. The zero-order valence-electron chi connectivity index (χ0n) is 13.3. The number of anilines is 1. The molecule has 1 saturated heterocycles. The number of pyridine rings is 1. The molecule has 1 aromatic rings. The Labute approximate surface area is 135 Å². The highest BCUT2D eigenvalue weighted by Gasteiger charge is 2.30. The Morgan fingerprint density at radius 3 is 2.64 bits per heavy atom. The predicted octanol–water partition coefficient (Wildman–Crippen LogP) is 3.32. The van der Waals surface area contributed by atoms with Gasteiger partial charge in [-0.2, -0.15) is 4.39 Å². The summed E-state index contributed by atoms with van der Waals surface area (Å²) in [6.07, 6.45) is -0.325. The van der Waals surface area contributed by atoms with Crippen molar-refractivity contribution in [2.45, 2.75) is 39.3 Å². The number of nitrogens with zero attached hydrogens (tertiary/aromatic N) is 3. The summed E-state index contributed by atoms with van der Waals surface area (Å²) in [5.74, 6) is -0.154. The first-order valence-corrected chi connectivity index (χ1v) is 7.62. The SMILES string of the molecule is C[C@H]1CN(C(=O)OC(C)(C)C)CCN1c1ccc(Cl)c(F)n1. The van der Waals surface area contributed by atoms with Crippen LogP contribution in [0.5, 0.6) is 0 Å². The molecule has 0 N–H and O–H groups in total. The number of carbonyl (C=O) groups excluding carboxylic acids is 1. The fourth-order valence-electron chi connectivity index (χ4n) is 2.36. The molecular weight excluding hydrogens is 309 g/mol. The number of hydrogen-bond acceptors (Lipinski definition) is 4. The number of carbonyl (C=O) groups is 1. The van der Waals surface area contributed by atoms with Gasteiger partial charge in [0.15, 0.2) is 0 Å². The fourth-order valence-corrected chi connectivity index (χ4v) is 2.46. The van der Waals surface area contributed by atoms with Gasteiger partial charge in [-0.1, -0.05) is 11.6 Å². The van der Waals surface area contributed by atoms with Gasteiger partial charge < -0.3 is 14.5 Å². The molecule has 1 fully saturated rings. The molecule has 2 rings (SSSR count). The highest BCUT2D eigenvalue weighted by molar-refractivity contribution is 6.30. The van der Waals surface area contributed by atoms with Crippen molar-refractivity contribution < 1.29 is 13.9 Å². The number of ether oxygens (including phenoxy) is 1. The maximum absolute atomic E-state index is 13.5. The van der Waals surface area contributed by atoms with Gasteiger partial charge in [-0.25, -0.2) is 9.78 Å². The quantitative estimate of drug-likeness (QED) is 0.741. The highest BCUT2D eigenvalue weighted by Crippen LogP contribution is 2.22. The number of amides is 1. The van der Waals surface area contributed by atoms with Crippen LogP contribution < -0.4 is 4.90 Å². The second kappa shape index (κ2) is 6.28. The molecule has 0 aromatic carbocycles. The molecule has 1 aromatic heterocycles. The first kappa shape index (κ1) is 16.8. The average molecular weight is 330 g/mol. The predicted molar refractivity (Wildman–Crippen MR) is 83.8 cm³/mol. The largest absolute Gasteiger partial charge is 0.444 e. The molecule has 7 heteroatoms. The van der Waals surface area contributed by atoms with Crippen LogP contribution >= 0.6 is 11.6 Å². The van der Waals surface area contributed by atoms with Crippen LogP contribution in [0.3, 0.4) is 0 Å². The summed E-state index contributed by atoms with van der Waals surface area (Å²) in [7, 11) is 0. The summed E-state index contributed by atoms with van der Waals surface area (Å²) in [6, 6.07) is 3.19. The lowest BCUT2D eigenvalue weighted by Gasteiger charge is -2.40. The third kappa shape index (κ3) is 4.00. The minimum atomic E-state index is -0.680. The van der Waals surface area contributed by atoms with E-state index >= 15 is 0 Å². The molecule has 2 heterocycles. The molecule has 1 aliphatic heterocycles. The lowest BCUT2D eigenvalue weighted by Crippen LogP contribution is -2.54. The van der Waals surface area contributed by atoms with Gasteiger partial charge in [-0.3, -0.25) is 0 Å². The van der Waals surface area contributed by atoms with Gasteiger partial charge in [0.25, 0.3) is 0 Å². The monoisotopic (exact) mass is 329 g/mol. The Hall–Kier alpha value is -1.56. The molecule has 1 aliphatic rings. The second-order valence-corrected chi connectivity index (χ2v) is 6.82. The first-order chi connectivity index (χ1) is 10.2. The maximum Gasteiger partial charge on any atom is 0.410 e. The van der Waals surface area contributed by atoms with Crippen LogP contribution in [0.4, 0.5) is 15.0 Å². The Morgan fingerprint density at radius 1 is 1.41 bits per heavy atom. The van der Waals surface area contributed by atoms with E-state index < -0.39 is 11.5 Å². The number of halogens is 2. The molecule has 0 saturated carbocycles. The van der Waals surface area contributed by atoms with Gasteiger partial charge in [-0.15, -0.1) is 0 Å². The summed E-state index contributed by atoms with van der Waals surface area (Å²) in [6.45, 7) is 9.05.